The van der Waals surface area contributed by atoms with Crippen molar-refractivity contribution in [2.75, 3.05) is 19.0 Å². The van der Waals surface area contributed by atoms with E-state index in [1.165, 1.54) is 7.11 Å². The summed E-state index contributed by atoms with van der Waals surface area (Å²) in [4.78, 5) is 23.1. The summed E-state index contributed by atoms with van der Waals surface area (Å²) in [6.45, 7) is 0.108. The van der Waals surface area contributed by atoms with Crippen LogP contribution in [0.2, 0.25) is 5.02 Å². The van der Waals surface area contributed by atoms with Crippen molar-refractivity contribution in [2.45, 2.75) is 19.3 Å². The Morgan fingerprint density at radius 2 is 2.14 bits per heavy atom. The molecule has 1 saturated carbocycles. The van der Waals surface area contributed by atoms with Crippen LogP contribution in [0.4, 0.5) is 10.5 Å². The Kier molecular flexibility index (Phi) is 4.57. The molecule has 1 fully saturated rings. The molecule has 0 bridgehead atoms. The highest BCUT2D eigenvalue weighted by molar-refractivity contribution is 6.31. The van der Waals surface area contributed by atoms with Crippen molar-refractivity contribution in [1.82, 2.24) is 5.32 Å². The van der Waals surface area contributed by atoms with Crippen LogP contribution in [0.15, 0.2) is 18.2 Å². The van der Waals surface area contributed by atoms with E-state index in [0.29, 0.717) is 29.3 Å². The summed E-state index contributed by atoms with van der Waals surface area (Å²) >= 11 is 5.88. The van der Waals surface area contributed by atoms with Gasteiger partial charge in [0.2, 0.25) is 0 Å². The lowest BCUT2D eigenvalue weighted by atomic mass is 9.69. The molecule has 6 nitrogen and oxygen atoms in total. The summed E-state index contributed by atoms with van der Waals surface area (Å²) in [5.74, 6) is -0.388. The average Bonchev–Trinajstić information content (AvgIpc) is 2.37. The zero-order chi connectivity index (χ0) is 15.5. The lowest BCUT2D eigenvalue weighted by Crippen LogP contribution is -2.48. The number of carbonyl (C=O) groups is 2. The smallest absolute Gasteiger partial charge is 0.319 e. The number of benzene rings is 1. The summed E-state index contributed by atoms with van der Waals surface area (Å²) in [6.07, 6.45) is 2.05. The van der Waals surface area contributed by atoms with E-state index in [9.17, 15) is 14.7 Å². The Balaban J connectivity index is 1.96. The molecule has 0 spiro atoms. The van der Waals surface area contributed by atoms with E-state index in [2.05, 4.69) is 10.6 Å². The van der Waals surface area contributed by atoms with E-state index in [4.69, 9.17) is 16.3 Å². The van der Waals surface area contributed by atoms with Gasteiger partial charge in [-0.2, -0.15) is 0 Å². The molecule has 0 saturated heterocycles. The van der Waals surface area contributed by atoms with Crippen LogP contribution in [-0.4, -0.2) is 30.8 Å². The Morgan fingerprint density at radius 3 is 2.67 bits per heavy atom. The zero-order valence-electron chi connectivity index (χ0n) is 11.6. The minimum absolute atomic E-state index is 0.108. The van der Waals surface area contributed by atoms with E-state index >= 15 is 0 Å². The van der Waals surface area contributed by atoms with Crippen molar-refractivity contribution in [3.8, 4) is 5.75 Å². The Labute approximate surface area is 127 Å². The molecule has 7 heteroatoms. The van der Waals surface area contributed by atoms with Gasteiger partial charge in [0, 0.05) is 11.6 Å². The van der Waals surface area contributed by atoms with Gasteiger partial charge in [-0.3, -0.25) is 4.79 Å². The fourth-order valence-electron chi connectivity index (χ4n) is 2.26. The van der Waals surface area contributed by atoms with Gasteiger partial charge in [0.15, 0.2) is 0 Å². The molecule has 1 aliphatic carbocycles. The number of hydrogen-bond acceptors (Lipinski definition) is 3. The van der Waals surface area contributed by atoms with Crippen molar-refractivity contribution in [1.29, 1.82) is 0 Å². The average molecular weight is 313 g/mol. The second-order valence-corrected chi connectivity index (χ2v) is 5.53. The number of halogens is 1. The maximum Gasteiger partial charge on any atom is 0.319 e. The molecule has 2 rings (SSSR count). The van der Waals surface area contributed by atoms with E-state index < -0.39 is 17.4 Å². The Hall–Kier alpha value is -1.95. The normalized spacial score (nSPS) is 15.7. The molecule has 1 aromatic rings. The zero-order valence-corrected chi connectivity index (χ0v) is 12.4. The summed E-state index contributed by atoms with van der Waals surface area (Å²) in [7, 11) is 1.49. The SMILES string of the molecule is COc1ccc(Cl)cc1NC(=O)NCC1(C(=O)O)CCC1. The van der Waals surface area contributed by atoms with Crippen molar-refractivity contribution in [2.24, 2.45) is 5.41 Å². The summed E-state index contributed by atoms with van der Waals surface area (Å²) < 4.78 is 5.12. The molecular formula is C14H17ClN2O4. The van der Waals surface area contributed by atoms with Gasteiger partial charge in [-0.15, -0.1) is 0 Å². The standard InChI is InChI=1S/C14H17ClN2O4/c1-21-11-4-3-9(15)7-10(11)17-13(20)16-8-14(12(18)19)5-2-6-14/h3-4,7H,2,5-6,8H2,1H3,(H,18,19)(H2,16,17,20). The summed E-state index contributed by atoms with van der Waals surface area (Å²) in [5, 5.41) is 14.9. The number of carboxylic acid groups (broad SMARTS) is 1. The fourth-order valence-corrected chi connectivity index (χ4v) is 2.44. The fraction of sp³-hybridized carbons (Fsp3) is 0.429. The lowest BCUT2D eigenvalue weighted by Gasteiger charge is -2.37. The first-order valence-electron chi connectivity index (χ1n) is 6.59. The highest BCUT2D eigenvalue weighted by atomic mass is 35.5. The number of urea groups is 1. The maximum absolute atomic E-state index is 11.9. The molecule has 0 aliphatic heterocycles. The predicted octanol–water partition coefficient (Wildman–Crippen LogP) is 2.73. The number of anilines is 1. The van der Waals surface area contributed by atoms with Crippen LogP contribution < -0.4 is 15.4 Å². The minimum atomic E-state index is -0.866. The van der Waals surface area contributed by atoms with Gasteiger partial charge in [-0.25, -0.2) is 4.79 Å². The number of amides is 2. The minimum Gasteiger partial charge on any atom is -0.495 e. The quantitative estimate of drug-likeness (QED) is 0.780. The highest BCUT2D eigenvalue weighted by Gasteiger charge is 2.44. The van der Waals surface area contributed by atoms with Crippen LogP contribution in [0.3, 0.4) is 0 Å². The van der Waals surface area contributed by atoms with Crippen molar-refractivity contribution >= 4 is 29.3 Å². The molecule has 114 valence electrons. The number of carboxylic acids is 1. The highest BCUT2D eigenvalue weighted by Crippen LogP contribution is 2.40. The second kappa shape index (κ2) is 6.22. The van der Waals surface area contributed by atoms with Gasteiger partial charge < -0.3 is 20.5 Å². The van der Waals surface area contributed by atoms with E-state index in [1.807, 2.05) is 0 Å². The largest absolute Gasteiger partial charge is 0.495 e. The molecule has 0 aromatic heterocycles. The maximum atomic E-state index is 11.9. The molecule has 21 heavy (non-hydrogen) atoms. The van der Waals surface area contributed by atoms with Gasteiger partial charge in [0.25, 0.3) is 0 Å². The first kappa shape index (κ1) is 15.4. The van der Waals surface area contributed by atoms with Crippen molar-refractivity contribution in [3.05, 3.63) is 23.2 Å². The first-order valence-corrected chi connectivity index (χ1v) is 6.96. The summed E-state index contributed by atoms with van der Waals surface area (Å²) in [6, 6.07) is 4.37. The number of rotatable bonds is 5. The summed E-state index contributed by atoms with van der Waals surface area (Å²) in [5.41, 5.74) is -0.393. The Morgan fingerprint density at radius 1 is 1.43 bits per heavy atom. The van der Waals surface area contributed by atoms with Gasteiger partial charge >= 0.3 is 12.0 Å². The van der Waals surface area contributed by atoms with E-state index in [-0.39, 0.29) is 6.54 Å². The predicted molar refractivity (Wildman–Crippen MR) is 78.9 cm³/mol. The lowest BCUT2D eigenvalue weighted by molar-refractivity contribution is -0.153. The monoisotopic (exact) mass is 312 g/mol. The third kappa shape index (κ3) is 3.39. The third-order valence-electron chi connectivity index (χ3n) is 3.76. The van der Waals surface area contributed by atoms with Crippen molar-refractivity contribution in [3.63, 3.8) is 0 Å². The van der Waals surface area contributed by atoms with Gasteiger partial charge in [0.1, 0.15) is 5.75 Å². The molecule has 0 radical (unpaired) electrons. The third-order valence-corrected chi connectivity index (χ3v) is 4.00. The van der Waals surface area contributed by atoms with Crippen LogP contribution in [0.1, 0.15) is 19.3 Å². The van der Waals surface area contributed by atoms with Gasteiger partial charge in [-0.05, 0) is 31.0 Å². The molecule has 2 amide bonds. The number of methoxy groups -OCH3 is 1. The number of carbonyl (C=O) groups excluding carboxylic acids is 1. The van der Waals surface area contributed by atoms with Crippen LogP contribution in [-0.2, 0) is 4.79 Å². The molecule has 1 aliphatic rings. The number of nitrogens with one attached hydrogen (secondary N) is 2. The van der Waals surface area contributed by atoms with E-state index in [1.54, 1.807) is 18.2 Å². The van der Waals surface area contributed by atoms with Crippen LogP contribution in [0.25, 0.3) is 0 Å². The Bertz CT molecular complexity index is 558. The molecule has 3 N–H and O–H groups in total. The van der Waals surface area contributed by atoms with Crippen LogP contribution in [0, 0.1) is 5.41 Å². The number of hydrogen-bond donors (Lipinski definition) is 3. The van der Waals surface area contributed by atoms with Gasteiger partial charge in [0.05, 0.1) is 18.2 Å². The molecule has 0 heterocycles. The second-order valence-electron chi connectivity index (χ2n) is 5.09. The molecule has 1 aromatic carbocycles. The first-order chi connectivity index (χ1) is 9.97. The number of ether oxygens (including phenoxy) is 1. The molecule has 0 atom stereocenters. The van der Waals surface area contributed by atoms with Crippen LogP contribution >= 0.6 is 11.6 Å². The van der Waals surface area contributed by atoms with Crippen LogP contribution in [0.5, 0.6) is 5.75 Å². The topological polar surface area (TPSA) is 87.7 Å². The van der Waals surface area contributed by atoms with E-state index in [0.717, 1.165) is 6.42 Å². The number of aliphatic carboxylic acids is 1. The van der Waals surface area contributed by atoms with Gasteiger partial charge in [-0.1, -0.05) is 18.0 Å². The molecular weight excluding hydrogens is 296 g/mol. The molecule has 0 unspecified atom stereocenters. The van der Waals surface area contributed by atoms with Crippen molar-refractivity contribution < 1.29 is 19.4 Å².